The van der Waals surface area contributed by atoms with Gasteiger partial charge < -0.3 is 5.32 Å². The summed E-state index contributed by atoms with van der Waals surface area (Å²) in [4.78, 5) is 0. The second-order valence-corrected chi connectivity index (χ2v) is 5.23. The summed E-state index contributed by atoms with van der Waals surface area (Å²) in [6.45, 7) is 5.35. The number of rotatable bonds is 4. The van der Waals surface area contributed by atoms with E-state index in [4.69, 9.17) is 0 Å². The Kier molecular flexibility index (Phi) is 4.68. The molecule has 1 N–H and O–H groups in total. The summed E-state index contributed by atoms with van der Waals surface area (Å²) in [5.74, 6) is 0. The van der Waals surface area contributed by atoms with Gasteiger partial charge in [-0.15, -0.1) is 0 Å². The van der Waals surface area contributed by atoms with E-state index in [0.717, 1.165) is 17.7 Å². The largest absolute Gasteiger partial charge is 0.416 e. The maximum atomic E-state index is 12.5. The van der Waals surface area contributed by atoms with Gasteiger partial charge in [-0.2, -0.15) is 13.2 Å². The number of hydrogen-bond donors (Lipinski definition) is 1. The van der Waals surface area contributed by atoms with Crippen molar-refractivity contribution in [2.24, 2.45) is 0 Å². The van der Waals surface area contributed by atoms with E-state index < -0.39 is 11.7 Å². The number of benzene rings is 2. The van der Waals surface area contributed by atoms with E-state index in [0.29, 0.717) is 13.1 Å². The lowest BCUT2D eigenvalue weighted by atomic mass is 10.1. The van der Waals surface area contributed by atoms with Gasteiger partial charge in [-0.3, -0.25) is 0 Å². The van der Waals surface area contributed by atoms with E-state index in [1.165, 1.54) is 28.8 Å². The average molecular weight is 293 g/mol. The summed E-state index contributed by atoms with van der Waals surface area (Å²) in [7, 11) is 0. The molecule has 2 rings (SSSR count). The molecule has 0 aliphatic carbocycles. The van der Waals surface area contributed by atoms with Crippen LogP contribution in [0.15, 0.2) is 42.5 Å². The summed E-state index contributed by atoms with van der Waals surface area (Å²) in [6, 6.07) is 11.5. The molecule has 0 amide bonds. The molecule has 0 heterocycles. The fraction of sp³-hybridized carbons (Fsp3) is 0.294. The lowest BCUT2D eigenvalue weighted by Gasteiger charge is -2.10. The van der Waals surface area contributed by atoms with Crippen LogP contribution in [0.4, 0.5) is 13.2 Å². The molecule has 0 bridgehead atoms. The Morgan fingerprint density at radius 3 is 2.14 bits per heavy atom. The van der Waals surface area contributed by atoms with Gasteiger partial charge in [0, 0.05) is 13.1 Å². The minimum Gasteiger partial charge on any atom is -0.309 e. The SMILES string of the molecule is Cc1ccc(CNCc2ccc(C(F)(F)F)cc2)c(C)c1. The molecule has 2 aromatic carbocycles. The van der Waals surface area contributed by atoms with E-state index in [1.54, 1.807) is 0 Å². The highest BCUT2D eigenvalue weighted by atomic mass is 19.4. The minimum atomic E-state index is -4.27. The van der Waals surface area contributed by atoms with Gasteiger partial charge in [0.05, 0.1) is 5.56 Å². The van der Waals surface area contributed by atoms with Crippen LogP contribution in [0, 0.1) is 13.8 Å². The molecule has 4 heteroatoms. The molecule has 0 aromatic heterocycles. The Labute approximate surface area is 122 Å². The quantitative estimate of drug-likeness (QED) is 0.868. The first-order valence-electron chi connectivity index (χ1n) is 6.79. The average Bonchev–Trinajstić information content (AvgIpc) is 2.41. The van der Waals surface area contributed by atoms with Crippen LogP contribution in [0.25, 0.3) is 0 Å². The van der Waals surface area contributed by atoms with E-state index in [-0.39, 0.29) is 0 Å². The van der Waals surface area contributed by atoms with E-state index >= 15 is 0 Å². The lowest BCUT2D eigenvalue weighted by Crippen LogP contribution is -2.14. The molecular formula is C17H18F3N. The number of hydrogen-bond acceptors (Lipinski definition) is 1. The highest BCUT2D eigenvalue weighted by Crippen LogP contribution is 2.29. The van der Waals surface area contributed by atoms with Crippen LogP contribution >= 0.6 is 0 Å². The molecule has 2 aromatic rings. The molecule has 21 heavy (non-hydrogen) atoms. The third kappa shape index (κ3) is 4.33. The van der Waals surface area contributed by atoms with Crippen molar-refractivity contribution >= 4 is 0 Å². The van der Waals surface area contributed by atoms with Crippen LogP contribution in [0.5, 0.6) is 0 Å². The zero-order valence-corrected chi connectivity index (χ0v) is 12.1. The first-order valence-corrected chi connectivity index (χ1v) is 6.79. The molecule has 1 nitrogen and oxygen atoms in total. The highest BCUT2D eigenvalue weighted by molar-refractivity contribution is 5.30. The van der Waals surface area contributed by atoms with Gasteiger partial charge in [0.2, 0.25) is 0 Å². The molecule has 0 aliphatic heterocycles. The topological polar surface area (TPSA) is 12.0 Å². The smallest absolute Gasteiger partial charge is 0.309 e. The van der Waals surface area contributed by atoms with E-state index in [9.17, 15) is 13.2 Å². The summed E-state index contributed by atoms with van der Waals surface area (Å²) in [5.41, 5.74) is 3.87. The lowest BCUT2D eigenvalue weighted by molar-refractivity contribution is -0.137. The first-order chi connectivity index (χ1) is 9.86. The summed E-state index contributed by atoms with van der Waals surface area (Å²) in [6.07, 6.45) is -4.27. The first kappa shape index (κ1) is 15.6. The van der Waals surface area contributed by atoms with Crippen molar-refractivity contribution in [1.82, 2.24) is 5.32 Å². The van der Waals surface area contributed by atoms with Gasteiger partial charge in [0.25, 0.3) is 0 Å². The molecule has 0 spiro atoms. The van der Waals surface area contributed by atoms with E-state index in [2.05, 4.69) is 30.4 Å². The van der Waals surface area contributed by atoms with Crippen LogP contribution in [0.3, 0.4) is 0 Å². The molecular weight excluding hydrogens is 275 g/mol. The van der Waals surface area contributed by atoms with Crippen molar-refractivity contribution in [3.63, 3.8) is 0 Å². The summed E-state index contributed by atoms with van der Waals surface area (Å²) >= 11 is 0. The fourth-order valence-electron chi connectivity index (χ4n) is 2.20. The predicted octanol–water partition coefficient (Wildman–Crippen LogP) is 4.61. The monoisotopic (exact) mass is 293 g/mol. The maximum absolute atomic E-state index is 12.5. The normalized spacial score (nSPS) is 11.7. The zero-order chi connectivity index (χ0) is 15.5. The maximum Gasteiger partial charge on any atom is 0.416 e. The van der Waals surface area contributed by atoms with Crippen LogP contribution in [0.2, 0.25) is 0 Å². The van der Waals surface area contributed by atoms with E-state index in [1.807, 2.05) is 6.92 Å². The van der Waals surface area contributed by atoms with Crippen molar-refractivity contribution < 1.29 is 13.2 Å². The van der Waals surface area contributed by atoms with Crippen LogP contribution in [-0.4, -0.2) is 0 Å². The molecule has 0 fully saturated rings. The Balaban J connectivity index is 1.91. The van der Waals surface area contributed by atoms with Crippen molar-refractivity contribution in [1.29, 1.82) is 0 Å². The number of halogens is 3. The molecule has 0 aliphatic rings. The summed E-state index contributed by atoms with van der Waals surface area (Å²) < 4.78 is 37.4. The molecule has 0 saturated heterocycles. The molecule has 112 valence electrons. The molecule has 0 atom stereocenters. The van der Waals surface area contributed by atoms with Crippen molar-refractivity contribution in [3.8, 4) is 0 Å². The van der Waals surface area contributed by atoms with Crippen molar-refractivity contribution in [3.05, 3.63) is 70.3 Å². The third-order valence-corrected chi connectivity index (χ3v) is 3.42. The minimum absolute atomic E-state index is 0.547. The van der Waals surface area contributed by atoms with Gasteiger partial charge in [-0.1, -0.05) is 35.9 Å². The fourth-order valence-corrected chi connectivity index (χ4v) is 2.20. The highest BCUT2D eigenvalue weighted by Gasteiger charge is 2.29. The Morgan fingerprint density at radius 2 is 1.57 bits per heavy atom. The second kappa shape index (κ2) is 6.31. The standard InChI is InChI=1S/C17H18F3N/c1-12-3-6-15(13(2)9-12)11-21-10-14-4-7-16(8-5-14)17(18,19)20/h3-9,21H,10-11H2,1-2H3. The Hall–Kier alpha value is -1.81. The zero-order valence-electron chi connectivity index (χ0n) is 12.1. The second-order valence-electron chi connectivity index (χ2n) is 5.23. The van der Waals surface area contributed by atoms with Crippen molar-refractivity contribution in [2.45, 2.75) is 33.1 Å². The number of nitrogens with one attached hydrogen (secondary N) is 1. The van der Waals surface area contributed by atoms with Gasteiger partial charge >= 0.3 is 6.18 Å². The molecule has 0 saturated carbocycles. The van der Waals surface area contributed by atoms with Crippen LogP contribution < -0.4 is 5.32 Å². The van der Waals surface area contributed by atoms with Crippen LogP contribution in [0.1, 0.15) is 27.8 Å². The summed E-state index contributed by atoms with van der Waals surface area (Å²) in [5, 5.41) is 3.26. The van der Waals surface area contributed by atoms with Gasteiger partial charge in [-0.25, -0.2) is 0 Å². The van der Waals surface area contributed by atoms with Crippen molar-refractivity contribution in [2.75, 3.05) is 0 Å². The Morgan fingerprint density at radius 1 is 0.905 bits per heavy atom. The molecule has 0 radical (unpaired) electrons. The van der Waals surface area contributed by atoms with Gasteiger partial charge in [-0.05, 0) is 42.7 Å². The number of aryl methyl sites for hydroxylation is 2. The molecule has 0 unspecified atom stereocenters. The predicted molar refractivity (Wildman–Crippen MR) is 77.9 cm³/mol. The van der Waals surface area contributed by atoms with Crippen LogP contribution in [-0.2, 0) is 19.3 Å². The Bertz CT molecular complexity index is 600. The van der Waals surface area contributed by atoms with Gasteiger partial charge in [0.15, 0.2) is 0 Å². The number of alkyl halides is 3. The van der Waals surface area contributed by atoms with Gasteiger partial charge in [0.1, 0.15) is 0 Å². The third-order valence-electron chi connectivity index (χ3n) is 3.42.